The van der Waals surface area contributed by atoms with Crippen molar-refractivity contribution in [3.05, 3.63) is 24.8 Å². The van der Waals surface area contributed by atoms with Gasteiger partial charge in [0.1, 0.15) is 5.78 Å². The lowest BCUT2D eigenvalue weighted by Gasteiger charge is -2.15. The number of rotatable bonds is 1. The van der Waals surface area contributed by atoms with Gasteiger partial charge in [-0.25, -0.2) is 0 Å². The largest absolute Gasteiger partial charge is 0.299 e. The first-order chi connectivity index (χ1) is 5.84. The molecule has 2 aliphatic carbocycles. The predicted octanol–water partition coefficient (Wildman–Crippen LogP) is 2.88. The summed E-state index contributed by atoms with van der Waals surface area (Å²) < 4.78 is 0. The fraction of sp³-hybridized carbons (Fsp3) is 0.545. The highest BCUT2D eigenvalue weighted by Crippen LogP contribution is 2.20. The van der Waals surface area contributed by atoms with Crippen molar-refractivity contribution in [3.8, 4) is 0 Å². The predicted molar refractivity (Wildman–Crippen MR) is 50.9 cm³/mol. The second-order valence-corrected chi connectivity index (χ2v) is 3.26. The summed E-state index contributed by atoms with van der Waals surface area (Å²) in [5.74, 6) is 0.565. The van der Waals surface area contributed by atoms with Crippen LogP contribution in [0.4, 0.5) is 0 Å². The molecule has 1 atom stereocenters. The number of carbonyl (C=O) groups excluding carboxylic acids is 1. The van der Waals surface area contributed by atoms with Gasteiger partial charge in [-0.05, 0) is 19.3 Å². The molecule has 1 nitrogen and oxygen atoms in total. The molecule has 0 aliphatic heterocycles. The molecule has 1 unspecified atom stereocenters. The summed E-state index contributed by atoms with van der Waals surface area (Å²) in [7, 11) is 0. The number of carbonyl (C=O) groups is 1. The van der Waals surface area contributed by atoms with E-state index < -0.39 is 0 Å². The monoisotopic (exact) mass is 164 g/mol. The highest BCUT2D eigenvalue weighted by Gasteiger charge is 2.17. The molecule has 0 radical (unpaired) electrons. The van der Waals surface area contributed by atoms with Crippen LogP contribution in [-0.2, 0) is 4.79 Å². The standard InChI is InChI=1S/C8H12O.C3H4/c1-2-7-5-3-4-6-8(7)9;1-2-3-1/h2,7H,1,3-6H2;1-2H,3H2. The average Bonchev–Trinajstić information content (AvgIpc) is 2.91. The molecule has 0 amide bonds. The number of Topliss-reactive ketones (excluding diaryl/α,β-unsaturated/α-hetero) is 1. The van der Waals surface area contributed by atoms with Crippen LogP contribution in [0.25, 0.3) is 0 Å². The SMILES string of the molecule is C1=CC1.C=CC1CCCCC1=O. The number of ketones is 1. The van der Waals surface area contributed by atoms with Crippen molar-refractivity contribution in [2.24, 2.45) is 5.92 Å². The summed E-state index contributed by atoms with van der Waals surface area (Å²) in [4.78, 5) is 11.0. The molecule has 0 bridgehead atoms. The van der Waals surface area contributed by atoms with E-state index in [0.29, 0.717) is 5.78 Å². The first kappa shape index (κ1) is 9.24. The molecule has 12 heavy (non-hydrogen) atoms. The minimum Gasteiger partial charge on any atom is -0.299 e. The van der Waals surface area contributed by atoms with Crippen molar-refractivity contribution < 1.29 is 4.79 Å². The summed E-state index contributed by atoms with van der Waals surface area (Å²) in [6, 6.07) is 0. The second kappa shape index (κ2) is 4.91. The van der Waals surface area contributed by atoms with Gasteiger partial charge in [0, 0.05) is 12.3 Å². The molecule has 0 N–H and O–H groups in total. The lowest BCUT2D eigenvalue weighted by Crippen LogP contribution is -2.15. The summed E-state index contributed by atoms with van der Waals surface area (Å²) in [5.41, 5.74) is 0. The van der Waals surface area contributed by atoms with Gasteiger partial charge in [-0.2, -0.15) is 0 Å². The van der Waals surface area contributed by atoms with Gasteiger partial charge >= 0.3 is 0 Å². The molecule has 2 rings (SSSR count). The average molecular weight is 164 g/mol. The molecule has 0 saturated heterocycles. The second-order valence-electron chi connectivity index (χ2n) is 3.26. The Balaban J connectivity index is 0.000000200. The minimum absolute atomic E-state index is 0.179. The molecule has 0 heterocycles. The number of hydrogen-bond donors (Lipinski definition) is 0. The zero-order chi connectivity index (χ0) is 8.81. The van der Waals surface area contributed by atoms with Crippen LogP contribution >= 0.6 is 0 Å². The lowest BCUT2D eigenvalue weighted by atomic mass is 9.88. The maximum Gasteiger partial charge on any atom is 0.139 e. The Morgan fingerprint density at radius 1 is 1.42 bits per heavy atom. The highest BCUT2D eigenvalue weighted by molar-refractivity contribution is 5.83. The van der Waals surface area contributed by atoms with Gasteiger partial charge in [0.15, 0.2) is 0 Å². The van der Waals surface area contributed by atoms with Crippen LogP contribution in [0.2, 0.25) is 0 Å². The Morgan fingerprint density at radius 3 is 2.42 bits per heavy atom. The van der Waals surface area contributed by atoms with Gasteiger partial charge in [0.25, 0.3) is 0 Å². The maximum atomic E-state index is 11.0. The lowest BCUT2D eigenvalue weighted by molar-refractivity contribution is -0.122. The fourth-order valence-electron chi connectivity index (χ4n) is 1.26. The van der Waals surface area contributed by atoms with E-state index in [-0.39, 0.29) is 5.92 Å². The summed E-state index contributed by atoms with van der Waals surface area (Å²) in [5, 5.41) is 0. The van der Waals surface area contributed by atoms with Crippen LogP contribution in [0.5, 0.6) is 0 Å². The quantitative estimate of drug-likeness (QED) is 0.545. The van der Waals surface area contributed by atoms with E-state index in [1.54, 1.807) is 6.08 Å². The molecule has 0 aromatic heterocycles. The first-order valence-electron chi connectivity index (χ1n) is 4.65. The molecule has 1 fully saturated rings. The van der Waals surface area contributed by atoms with Gasteiger partial charge in [-0.3, -0.25) is 4.79 Å². The van der Waals surface area contributed by atoms with E-state index in [2.05, 4.69) is 18.7 Å². The molecule has 0 aromatic rings. The summed E-state index contributed by atoms with van der Waals surface area (Å²) in [6.07, 6.45) is 11.4. The summed E-state index contributed by atoms with van der Waals surface area (Å²) >= 11 is 0. The highest BCUT2D eigenvalue weighted by atomic mass is 16.1. The van der Waals surface area contributed by atoms with Crippen LogP contribution in [0.3, 0.4) is 0 Å². The Bertz CT molecular complexity index is 187. The van der Waals surface area contributed by atoms with Crippen LogP contribution in [0.1, 0.15) is 32.1 Å². The van der Waals surface area contributed by atoms with E-state index >= 15 is 0 Å². The molecule has 1 heteroatoms. The molecule has 1 saturated carbocycles. The van der Waals surface area contributed by atoms with Crippen LogP contribution in [0, 0.1) is 5.92 Å². The Kier molecular flexibility index (Phi) is 3.78. The van der Waals surface area contributed by atoms with E-state index in [9.17, 15) is 4.79 Å². The third-order valence-corrected chi connectivity index (χ3v) is 2.12. The third-order valence-electron chi connectivity index (χ3n) is 2.12. The van der Waals surface area contributed by atoms with Crippen molar-refractivity contribution >= 4 is 5.78 Å². The smallest absolute Gasteiger partial charge is 0.139 e. The number of allylic oxidation sites excluding steroid dienone is 3. The maximum absolute atomic E-state index is 11.0. The normalized spacial score (nSPS) is 25.7. The topological polar surface area (TPSA) is 17.1 Å². The van der Waals surface area contributed by atoms with Crippen molar-refractivity contribution in [3.63, 3.8) is 0 Å². The van der Waals surface area contributed by atoms with Gasteiger partial charge in [-0.15, -0.1) is 6.58 Å². The van der Waals surface area contributed by atoms with Crippen molar-refractivity contribution in [2.75, 3.05) is 0 Å². The zero-order valence-electron chi connectivity index (χ0n) is 7.46. The van der Waals surface area contributed by atoms with Crippen molar-refractivity contribution in [1.82, 2.24) is 0 Å². The van der Waals surface area contributed by atoms with Gasteiger partial charge in [0.05, 0.1) is 0 Å². The van der Waals surface area contributed by atoms with Crippen molar-refractivity contribution in [2.45, 2.75) is 32.1 Å². The van der Waals surface area contributed by atoms with E-state index in [1.807, 2.05) is 0 Å². The fourth-order valence-corrected chi connectivity index (χ4v) is 1.26. The van der Waals surface area contributed by atoms with Gasteiger partial charge < -0.3 is 0 Å². The molecule has 0 spiro atoms. The Morgan fingerprint density at radius 2 is 2.08 bits per heavy atom. The van der Waals surface area contributed by atoms with Crippen LogP contribution < -0.4 is 0 Å². The summed E-state index contributed by atoms with van der Waals surface area (Å²) in [6.45, 7) is 3.61. The zero-order valence-corrected chi connectivity index (χ0v) is 7.46. The first-order valence-corrected chi connectivity index (χ1v) is 4.65. The molecular weight excluding hydrogens is 148 g/mol. The molecule has 66 valence electrons. The molecule has 2 aliphatic rings. The minimum atomic E-state index is 0.179. The van der Waals surface area contributed by atoms with Gasteiger partial charge in [-0.1, -0.05) is 24.6 Å². The Hall–Kier alpha value is -0.850. The van der Waals surface area contributed by atoms with Crippen LogP contribution in [0.15, 0.2) is 24.8 Å². The Labute approximate surface area is 74.2 Å². The molecular formula is C11H16O. The van der Waals surface area contributed by atoms with E-state index in [4.69, 9.17) is 0 Å². The van der Waals surface area contributed by atoms with Crippen molar-refractivity contribution in [1.29, 1.82) is 0 Å². The van der Waals surface area contributed by atoms with Gasteiger partial charge in [0.2, 0.25) is 0 Å². The van der Waals surface area contributed by atoms with E-state index in [0.717, 1.165) is 19.3 Å². The molecule has 0 aromatic carbocycles. The third kappa shape index (κ3) is 3.51. The van der Waals surface area contributed by atoms with Crippen LogP contribution in [-0.4, -0.2) is 5.78 Å². The number of hydrogen-bond acceptors (Lipinski definition) is 1. The van der Waals surface area contributed by atoms with E-state index in [1.165, 1.54) is 12.8 Å².